The molecule has 5 nitrogen and oxygen atoms in total. The number of carbonyl (C=O) groups excluding carboxylic acids is 2. The minimum Gasteiger partial charge on any atom is -0.342 e. The van der Waals surface area contributed by atoms with Crippen molar-refractivity contribution >= 4 is 23.5 Å². The van der Waals surface area contributed by atoms with Crippen molar-refractivity contribution < 1.29 is 9.59 Å². The SMILES string of the molecule is CC(=O)c1cc(C#N)c(SCC(=O)N2CCC(Cc3ccccc3)CC2)nc1C. The Morgan fingerprint density at radius 1 is 1.24 bits per heavy atom. The fourth-order valence-corrected chi connectivity index (χ4v) is 4.59. The smallest absolute Gasteiger partial charge is 0.232 e. The first-order valence-electron chi connectivity index (χ1n) is 9.85. The van der Waals surface area contributed by atoms with Gasteiger partial charge in [-0.05, 0) is 50.7 Å². The number of hydrogen-bond donors (Lipinski definition) is 0. The molecule has 1 saturated heterocycles. The molecule has 0 N–H and O–H groups in total. The number of Topliss-reactive ketones (excluding diaryl/α,β-unsaturated/α-hetero) is 1. The molecule has 1 aromatic carbocycles. The molecule has 0 saturated carbocycles. The number of aryl methyl sites for hydroxylation is 1. The zero-order valence-electron chi connectivity index (χ0n) is 16.9. The first-order chi connectivity index (χ1) is 14.0. The Morgan fingerprint density at radius 3 is 2.55 bits per heavy atom. The second-order valence-corrected chi connectivity index (χ2v) is 8.41. The summed E-state index contributed by atoms with van der Waals surface area (Å²) in [6, 6.07) is 14.2. The van der Waals surface area contributed by atoms with Crippen LogP contribution < -0.4 is 0 Å². The van der Waals surface area contributed by atoms with Crippen molar-refractivity contribution in [2.24, 2.45) is 5.92 Å². The molecule has 1 aromatic heterocycles. The van der Waals surface area contributed by atoms with E-state index in [4.69, 9.17) is 0 Å². The third-order valence-corrected chi connectivity index (χ3v) is 6.32. The number of thioether (sulfide) groups is 1. The summed E-state index contributed by atoms with van der Waals surface area (Å²) in [5.74, 6) is 0.830. The van der Waals surface area contributed by atoms with Crippen molar-refractivity contribution in [3.63, 3.8) is 0 Å². The number of carbonyl (C=O) groups is 2. The molecule has 150 valence electrons. The zero-order valence-corrected chi connectivity index (χ0v) is 17.7. The normalized spacial score (nSPS) is 14.4. The average molecular weight is 408 g/mol. The van der Waals surface area contributed by atoms with Gasteiger partial charge in [0, 0.05) is 24.3 Å². The molecule has 6 heteroatoms. The van der Waals surface area contributed by atoms with E-state index in [1.54, 1.807) is 13.0 Å². The van der Waals surface area contributed by atoms with Crippen LogP contribution in [0.15, 0.2) is 41.4 Å². The predicted molar refractivity (Wildman–Crippen MR) is 114 cm³/mol. The summed E-state index contributed by atoms with van der Waals surface area (Å²) < 4.78 is 0. The number of nitriles is 1. The van der Waals surface area contributed by atoms with Gasteiger partial charge in [0.15, 0.2) is 5.78 Å². The molecule has 1 amide bonds. The van der Waals surface area contributed by atoms with Gasteiger partial charge in [-0.1, -0.05) is 42.1 Å². The zero-order chi connectivity index (χ0) is 20.8. The van der Waals surface area contributed by atoms with Crippen LogP contribution in [0.4, 0.5) is 0 Å². The van der Waals surface area contributed by atoms with Crippen LogP contribution in [0.1, 0.15) is 46.9 Å². The van der Waals surface area contributed by atoms with Crippen LogP contribution in [0.3, 0.4) is 0 Å². The number of likely N-dealkylation sites (tertiary alicyclic amines) is 1. The molecule has 29 heavy (non-hydrogen) atoms. The average Bonchev–Trinajstić information content (AvgIpc) is 2.73. The Kier molecular flexibility index (Phi) is 7.05. The Morgan fingerprint density at radius 2 is 1.93 bits per heavy atom. The van der Waals surface area contributed by atoms with Gasteiger partial charge < -0.3 is 4.90 Å². The summed E-state index contributed by atoms with van der Waals surface area (Å²) in [7, 11) is 0. The van der Waals surface area contributed by atoms with E-state index in [9.17, 15) is 14.9 Å². The summed E-state index contributed by atoms with van der Waals surface area (Å²) >= 11 is 1.28. The Labute approximate surface area is 176 Å². The van der Waals surface area contributed by atoms with E-state index in [1.807, 2.05) is 11.0 Å². The second-order valence-electron chi connectivity index (χ2n) is 7.44. The third-order valence-electron chi connectivity index (χ3n) is 5.34. The highest BCUT2D eigenvalue weighted by Crippen LogP contribution is 2.25. The number of pyridine rings is 1. The van der Waals surface area contributed by atoms with Crippen LogP contribution >= 0.6 is 11.8 Å². The molecule has 0 bridgehead atoms. The van der Waals surface area contributed by atoms with E-state index in [2.05, 4.69) is 35.3 Å². The fourth-order valence-electron chi connectivity index (χ4n) is 3.69. The van der Waals surface area contributed by atoms with Gasteiger partial charge in [-0.25, -0.2) is 4.98 Å². The maximum atomic E-state index is 12.6. The summed E-state index contributed by atoms with van der Waals surface area (Å²) in [5.41, 5.74) is 2.75. The van der Waals surface area contributed by atoms with E-state index in [0.717, 1.165) is 32.4 Å². The van der Waals surface area contributed by atoms with Gasteiger partial charge in [0.25, 0.3) is 0 Å². The number of benzene rings is 1. The molecule has 0 aliphatic carbocycles. The summed E-state index contributed by atoms with van der Waals surface area (Å²) in [6.07, 6.45) is 3.09. The number of ketones is 1. The number of rotatable bonds is 6. The predicted octanol–water partition coefficient (Wildman–Crippen LogP) is 4.04. The fraction of sp³-hybridized carbons (Fsp3) is 0.391. The summed E-state index contributed by atoms with van der Waals surface area (Å²) in [4.78, 5) is 30.6. The lowest BCUT2D eigenvalue weighted by Gasteiger charge is -2.32. The molecule has 1 aliphatic rings. The number of nitrogens with zero attached hydrogens (tertiary/aromatic N) is 3. The number of hydrogen-bond acceptors (Lipinski definition) is 5. The van der Waals surface area contributed by atoms with Gasteiger partial charge in [0.2, 0.25) is 5.91 Å². The van der Waals surface area contributed by atoms with Gasteiger partial charge >= 0.3 is 0 Å². The van der Waals surface area contributed by atoms with Crippen LogP contribution in [-0.4, -0.2) is 40.4 Å². The first-order valence-corrected chi connectivity index (χ1v) is 10.8. The Hall–Kier alpha value is -2.65. The number of aromatic nitrogens is 1. The van der Waals surface area contributed by atoms with Crippen molar-refractivity contribution in [3.8, 4) is 6.07 Å². The lowest BCUT2D eigenvalue weighted by Crippen LogP contribution is -2.39. The molecular weight excluding hydrogens is 382 g/mol. The summed E-state index contributed by atoms with van der Waals surface area (Å²) in [5, 5.41) is 9.89. The van der Waals surface area contributed by atoms with Crippen LogP contribution in [0.5, 0.6) is 0 Å². The van der Waals surface area contributed by atoms with Gasteiger partial charge in [-0.15, -0.1) is 0 Å². The van der Waals surface area contributed by atoms with Gasteiger partial charge in [-0.3, -0.25) is 9.59 Å². The minimum absolute atomic E-state index is 0.0761. The second kappa shape index (κ2) is 9.71. The maximum Gasteiger partial charge on any atom is 0.232 e. The highest BCUT2D eigenvalue weighted by atomic mass is 32.2. The topological polar surface area (TPSA) is 74.1 Å². The van der Waals surface area contributed by atoms with Crippen molar-refractivity contribution in [1.29, 1.82) is 5.26 Å². The lowest BCUT2D eigenvalue weighted by molar-refractivity contribution is -0.129. The van der Waals surface area contributed by atoms with Crippen molar-refractivity contribution in [3.05, 3.63) is 58.8 Å². The number of amides is 1. The molecular formula is C23H25N3O2S. The molecule has 1 fully saturated rings. The minimum atomic E-state index is -0.113. The standard InChI is InChI=1S/C23H25N3O2S/c1-16-21(17(2)27)13-20(14-24)23(25-16)29-15-22(28)26-10-8-19(9-11-26)12-18-6-4-3-5-7-18/h3-7,13,19H,8-12,15H2,1-2H3. The van der Waals surface area contributed by atoms with Crippen molar-refractivity contribution in [2.45, 2.75) is 38.1 Å². The molecule has 1 aliphatic heterocycles. The van der Waals surface area contributed by atoms with Gasteiger partial charge in [0.1, 0.15) is 11.1 Å². The molecule has 0 radical (unpaired) electrons. The highest BCUT2D eigenvalue weighted by Gasteiger charge is 2.23. The molecule has 0 unspecified atom stereocenters. The van der Waals surface area contributed by atoms with E-state index < -0.39 is 0 Å². The molecule has 3 rings (SSSR count). The van der Waals surface area contributed by atoms with Crippen molar-refractivity contribution in [2.75, 3.05) is 18.8 Å². The largest absolute Gasteiger partial charge is 0.342 e. The van der Waals surface area contributed by atoms with E-state index in [-0.39, 0.29) is 17.4 Å². The highest BCUT2D eigenvalue weighted by molar-refractivity contribution is 8.00. The Balaban J connectivity index is 1.53. The quantitative estimate of drug-likeness (QED) is 0.534. The monoisotopic (exact) mass is 407 g/mol. The summed E-state index contributed by atoms with van der Waals surface area (Å²) in [6.45, 7) is 4.76. The maximum absolute atomic E-state index is 12.6. The van der Waals surface area contributed by atoms with Crippen LogP contribution in [0.25, 0.3) is 0 Å². The molecule has 0 atom stereocenters. The first kappa shape index (κ1) is 21.1. The van der Waals surface area contributed by atoms with Gasteiger partial charge in [-0.2, -0.15) is 5.26 Å². The van der Waals surface area contributed by atoms with Gasteiger partial charge in [0.05, 0.1) is 11.3 Å². The van der Waals surface area contributed by atoms with Crippen molar-refractivity contribution in [1.82, 2.24) is 9.88 Å². The van der Waals surface area contributed by atoms with E-state index in [0.29, 0.717) is 27.8 Å². The van der Waals surface area contributed by atoms with E-state index in [1.165, 1.54) is 24.2 Å². The van der Waals surface area contributed by atoms with Crippen LogP contribution in [0.2, 0.25) is 0 Å². The number of piperidine rings is 1. The van der Waals surface area contributed by atoms with Crippen LogP contribution in [-0.2, 0) is 11.2 Å². The molecule has 2 aromatic rings. The molecule has 2 heterocycles. The van der Waals surface area contributed by atoms with E-state index >= 15 is 0 Å². The lowest BCUT2D eigenvalue weighted by atomic mass is 9.90. The van der Waals surface area contributed by atoms with Crippen LogP contribution in [0, 0.1) is 24.2 Å². The Bertz CT molecular complexity index is 929. The third kappa shape index (κ3) is 5.45. The molecule has 0 spiro atoms.